The van der Waals surface area contributed by atoms with Crippen molar-refractivity contribution in [1.82, 2.24) is 9.78 Å². The van der Waals surface area contributed by atoms with Crippen LogP contribution in [-0.4, -0.2) is 21.6 Å². The lowest BCUT2D eigenvalue weighted by Crippen LogP contribution is -2.30. The Morgan fingerprint density at radius 1 is 0.931 bits per heavy atom. The maximum atomic E-state index is 12.6. The molecule has 7 nitrogen and oxygen atoms in total. The van der Waals surface area contributed by atoms with Gasteiger partial charge in [-0.3, -0.25) is 14.4 Å². The van der Waals surface area contributed by atoms with E-state index in [1.54, 1.807) is 36.4 Å². The third kappa shape index (κ3) is 5.07. The number of carbonyl (C=O) groups excluding carboxylic acids is 2. The summed E-state index contributed by atoms with van der Waals surface area (Å²) in [7, 11) is 0. The van der Waals surface area contributed by atoms with E-state index in [0.717, 1.165) is 5.39 Å². The Morgan fingerprint density at radius 2 is 1.48 bits per heavy atom. The fourth-order valence-corrected chi connectivity index (χ4v) is 3.07. The monoisotopic (exact) mass is 392 g/mol. The zero-order valence-corrected chi connectivity index (χ0v) is 16.7. The number of hydrogen-bond donors (Lipinski definition) is 2. The normalized spacial score (nSPS) is 10.9. The average molecular weight is 392 g/mol. The molecular formula is C22H24N4O3. The fraction of sp³-hybridized carbons (Fsp3) is 0.273. The first-order valence-electron chi connectivity index (χ1n) is 9.49. The van der Waals surface area contributed by atoms with E-state index in [2.05, 4.69) is 15.7 Å². The maximum Gasteiger partial charge on any atom is 0.275 e. The number of aryl methyl sites for hydroxylation is 1. The zero-order valence-electron chi connectivity index (χ0n) is 16.7. The molecule has 2 N–H and O–H groups in total. The standard InChI is InChI=1S/C22H24N4O3/c1-14(2)12-20(27)23-16-8-10-17(11-9-16)24-21(28)13-26-22(29)19-7-5-4-6-18(19)15(3)25-26/h4-11,14H,12-13H2,1-3H3,(H,23,27)(H,24,28). The molecule has 0 aliphatic carbocycles. The van der Waals surface area contributed by atoms with Gasteiger partial charge in [0.25, 0.3) is 5.56 Å². The van der Waals surface area contributed by atoms with E-state index in [1.165, 1.54) is 4.68 Å². The number of amides is 2. The van der Waals surface area contributed by atoms with Crippen molar-refractivity contribution in [3.05, 3.63) is 64.6 Å². The number of nitrogens with one attached hydrogen (secondary N) is 2. The Hall–Kier alpha value is -3.48. The number of anilines is 2. The largest absolute Gasteiger partial charge is 0.326 e. The highest BCUT2D eigenvalue weighted by atomic mass is 16.2. The summed E-state index contributed by atoms with van der Waals surface area (Å²) in [4.78, 5) is 36.8. The first kappa shape index (κ1) is 20.3. The highest BCUT2D eigenvalue weighted by Gasteiger charge is 2.11. The molecule has 1 heterocycles. The third-order valence-electron chi connectivity index (χ3n) is 4.39. The molecule has 0 unspecified atom stereocenters. The van der Waals surface area contributed by atoms with Gasteiger partial charge in [-0.05, 0) is 43.2 Å². The van der Waals surface area contributed by atoms with Crippen molar-refractivity contribution in [1.29, 1.82) is 0 Å². The van der Waals surface area contributed by atoms with Crippen molar-refractivity contribution in [3.8, 4) is 0 Å². The van der Waals surface area contributed by atoms with E-state index in [-0.39, 0.29) is 29.8 Å². The van der Waals surface area contributed by atoms with Gasteiger partial charge in [-0.25, -0.2) is 4.68 Å². The molecule has 0 fully saturated rings. The molecule has 29 heavy (non-hydrogen) atoms. The van der Waals surface area contributed by atoms with E-state index in [1.807, 2.05) is 32.9 Å². The number of rotatable bonds is 6. The predicted molar refractivity (Wildman–Crippen MR) is 114 cm³/mol. The van der Waals surface area contributed by atoms with Crippen molar-refractivity contribution < 1.29 is 9.59 Å². The minimum atomic E-state index is -0.356. The van der Waals surface area contributed by atoms with Crippen LogP contribution < -0.4 is 16.2 Å². The van der Waals surface area contributed by atoms with Crippen molar-refractivity contribution in [2.75, 3.05) is 10.6 Å². The lowest BCUT2D eigenvalue weighted by Gasteiger charge is -2.10. The van der Waals surface area contributed by atoms with Gasteiger partial charge >= 0.3 is 0 Å². The molecule has 0 bridgehead atoms. The molecule has 0 saturated heterocycles. The fourth-order valence-electron chi connectivity index (χ4n) is 3.07. The van der Waals surface area contributed by atoms with Crippen molar-refractivity contribution in [2.45, 2.75) is 33.7 Å². The van der Waals surface area contributed by atoms with Crippen LogP contribution in [0.15, 0.2) is 53.3 Å². The van der Waals surface area contributed by atoms with Gasteiger partial charge in [0.05, 0.1) is 11.1 Å². The minimum Gasteiger partial charge on any atom is -0.326 e. The van der Waals surface area contributed by atoms with E-state index < -0.39 is 0 Å². The molecule has 3 aromatic rings. The van der Waals surface area contributed by atoms with E-state index in [4.69, 9.17) is 0 Å². The van der Waals surface area contributed by atoms with Crippen LogP contribution in [0.3, 0.4) is 0 Å². The molecule has 3 rings (SSSR count). The van der Waals surface area contributed by atoms with Gasteiger partial charge in [-0.1, -0.05) is 32.0 Å². The topological polar surface area (TPSA) is 93.1 Å². The SMILES string of the molecule is Cc1nn(CC(=O)Nc2ccc(NC(=O)CC(C)C)cc2)c(=O)c2ccccc12. The average Bonchev–Trinajstić information content (AvgIpc) is 2.67. The number of fused-ring (bicyclic) bond motifs is 1. The molecule has 0 saturated carbocycles. The summed E-state index contributed by atoms with van der Waals surface area (Å²) < 4.78 is 1.17. The second kappa shape index (κ2) is 8.68. The minimum absolute atomic E-state index is 0.0473. The van der Waals surface area contributed by atoms with Gasteiger partial charge < -0.3 is 10.6 Å². The molecule has 2 aromatic carbocycles. The Balaban J connectivity index is 1.67. The van der Waals surface area contributed by atoms with E-state index in [9.17, 15) is 14.4 Å². The van der Waals surface area contributed by atoms with Crippen LogP contribution in [0.1, 0.15) is 26.0 Å². The predicted octanol–water partition coefficient (Wildman–Crippen LogP) is 3.33. The Labute approximate surface area is 168 Å². The lowest BCUT2D eigenvalue weighted by molar-refractivity contribution is -0.117. The molecule has 0 radical (unpaired) electrons. The molecule has 7 heteroatoms. The molecule has 0 spiro atoms. The Morgan fingerprint density at radius 3 is 2.07 bits per heavy atom. The highest BCUT2D eigenvalue weighted by Crippen LogP contribution is 2.15. The first-order chi connectivity index (χ1) is 13.8. The van der Waals surface area contributed by atoms with Gasteiger partial charge in [0, 0.05) is 23.2 Å². The van der Waals surface area contributed by atoms with Crippen LogP contribution in [0.5, 0.6) is 0 Å². The van der Waals surface area contributed by atoms with Gasteiger partial charge in [-0.2, -0.15) is 5.10 Å². The van der Waals surface area contributed by atoms with Gasteiger partial charge in [0.2, 0.25) is 11.8 Å². The second-order valence-corrected chi connectivity index (χ2v) is 7.37. The van der Waals surface area contributed by atoms with Crippen LogP contribution in [0.4, 0.5) is 11.4 Å². The smallest absolute Gasteiger partial charge is 0.275 e. The summed E-state index contributed by atoms with van der Waals surface area (Å²) in [6.07, 6.45) is 0.450. The number of aromatic nitrogens is 2. The van der Waals surface area contributed by atoms with Crippen LogP contribution in [-0.2, 0) is 16.1 Å². The van der Waals surface area contributed by atoms with Crippen LogP contribution in [0.25, 0.3) is 10.8 Å². The van der Waals surface area contributed by atoms with Crippen LogP contribution in [0.2, 0.25) is 0 Å². The van der Waals surface area contributed by atoms with E-state index >= 15 is 0 Å². The summed E-state index contributed by atoms with van der Waals surface area (Å²) in [6.45, 7) is 5.59. The quantitative estimate of drug-likeness (QED) is 0.673. The number of carbonyl (C=O) groups is 2. The van der Waals surface area contributed by atoms with Gasteiger partial charge in [-0.15, -0.1) is 0 Å². The summed E-state index contributed by atoms with van der Waals surface area (Å²) in [5.74, 6) is -0.121. The summed E-state index contributed by atoms with van der Waals surface area (Å²) in [5, 5.41) is 11.1. The van der Waals surface area contributed by atoms with E-state index in [0.29, 0.717) is 28.9 Å². The molecule has 1 aromatic heterocycles. The van der Waals surface area contributed by atoms with Crippen molar-refractivity contribution in [3.63, 3.8) is 0 Å². The van der Waals surface area contributed by atoms with Crippen LogP contribution >= 0.6 is 0 Å². The van der Waals surface area contributed by atoms with Crippen LogP contribution in [0, 0.1) is 12.8 Å². The van der Waals surface area contributed by atoms with Gasteiger partial charge in [0.15, 0.2) is 0 Å². The lowest BCUT2D eigenvalue weighted by atomic mass is 10.1. The third-order valence-corrected chi connectivity index (χ3v) is 4.39. The number of benzene rings is 2. The van der Waals surface area contributed by atoms with Gasteiger partial charge in [0.1, 0.15) is 6.54 Å². The zero-order chi connectivity index (χ0) is 21.0. The molecule has 150 valence electrons. The Bertz CT molecular complexity index is 1100. The summed E-state index contributed by atoms with van der Waals surface area (Å²) >= 11 is 0. The van der Waals surface area contributed by atoms with Crippen molar-refractivity contribution in [2.24, 2.45) is 5.92 Å². The molecule has 0 aliphatic rings. The van der Waals surface area contributed by atoms with Crippen molar-refractivity contribution >= 4 is 34.0 Å². The molecular weight excluding hydrogens is 368 g/mol. The summed E-state index contributed by atoms with van der Waals surface area (Å²) in [6, 6.07) is 14.0. The highest BCUT2D eigenvalue weighted by molar-refractivity contribution is 5.93. The first-order valence-corrected chi connectivity index (χ1v) is 9.49. The molecule has 0 atom stereocenters. The number of nitrogens with zero attached hydrogens (tertiary/aromatic N) is 2. The Kier molecular flexibility index (Phi) is 6.07. The maximum absolute atomic E-state index is 12.6. The molecule has 2 amide bonds. The molecule has 0 aliphatic heterocycles. The second-order valence-electron chi connectivity index (χ2n) is 7.37. The summed E-state index contributed by atoms with van der Waals surface area (Å²) in [5.41, 5.74) is 1.62. The number of hydrogen-bond acceptors (Lipinski definition) is 4.